The van der Waals surface area contributed by atoms with Gasteiger partial charge in [0.2, 0.25) is 0 Å². The Balaban J connectivity index is 1.83. The maximum Gasteiger partial charge on any atom is 0.407 e. The van der Waals surface area contributed by atoms with Crippen molar-refractivity contribution in [2.24, 2.45) is 4.99 Å². The van der Waals surface area contributed by atoms with Gasteiger partial charge in [0.1, 0.15) is 11.4 Å². The first-order chi connectivity index (χ1) is 12.7. The summed E-state index contributed by atoms with van der Waals surface area (Å²) in [6.07, 6.45) is 1.59. The number of aliphatic imine (C=N–C) groups is 1. The molecule has 2 rings (SSSR count). The number of benzene rings is 1. The SMILES string of the molecule is CCNC(=NCC1(c2cccc(F)c2)CC1)NCCNC(=O)OC(C)(C)C. The fourth-order valence-electron chi connectivity index (χ4n) is 2.74. The highest BCUT2D eigenvalue weighted by molar-refractivity contribution is 5.80. The fraction of sp³-hybridized carbons (Fsp3) is 0.600. The highest BCUT2D eigenvalue weighted by Gasteiger charge is 2.44. The molecule has 3 N–H and O–H groups in total. The van der Waals surface area contributed by atoms with E-state index in [4.69, 9.17) is 4.74 Å². The highest BCUT2D eigenvalue weighted by Crippen LogP contribution is 2.48. The molecule has 6 nitrogen and oxygen atoms in total. The lowest BCUT2D eigenvalue weighted by Crippen LogP contribution is -2.42. The third kappa shape index (κ3) is 7.07. The molecule has 0 heterocycles. The topological polar surface area (TPSA) is 74.8 Å². The van der Waals surface area contributed by atoms with E-state index >= 15 is 0 Å². The lowest BCUT2D eigenvalue weighted by Gasteiger charge is -2.20. The number of alkyl carbamates (subject to hydrolysis) is 1. The molecule has 1 aromatic rings. The lowest BCUT2D eigenvalue weighted by molar-refractivity contribution is 0.0529. The van der Waals surface area contributed by atoms with Crippen LogP contribution in [0, 0.1) is 5.82 Å². The Kier molecular flexibility index (Phi) is 7.05. The van der Waals surface area contributed by atoms with Gasteiger partial charge in [0, 0.05) is 25.0 Å². The van der Waals surface area contributed by atoms with Crippen LogP contribution in [0.3, 0.4) is 0 Å². The molecule has 1 aliphatic rings. The molecule has 1 amide bonds. The van der Waals surface area contributed by atoms with Gasteiger partial charge >= 0.3 is 6.09 Å². The normalized spacial score (nSPS) is 15.8. The van der Waals surface area contributed by atoms with Gasteiger partial charge < -0.3 is 20.7 Å². The standard InChI is InChI=1S/C20H31FN4O2/c1-5-22-17(23-11-12-24-18(26)27-19(2,3)4)25-14-20(9-10-20)15-7-6-8-16(21)13-15/h6-8,13H,5,9-12,14H2,1-4H3,(H,24,26)(H2,22,23,25). The first-order valence-corrected chi connectivity index (χ1v) is 9.49. The zero-order valence-electron chi connectivity index (χ0n) is 16.7. The second-order valence-electron chi connectivity index (χ2n) is 7.84. The summed E-state index contributed by atoms with van der Waals surface area (Å²) < 4.78 is 18.7. The highest BCUT2D eigenvalue weighted by atomic mass is 19.1. The van der Waals surface area contributed by atoms with E-state index in [9.17, 15) is 9.18 Å². The quantitative estimate of drug-likeness (QED) is 0.387. The van der Waals surface area contributed by atoms with E-state index in [0.29, 0.717) is 25.6 Å². The van der Waals surface area contributed by atoms with Gasteiger partial charge in [-0.1, -0.05) is 12.1 Å². The van der Waals surface area contributed by atoms with Crippen molar-refractivity contribution in [1.29, 1.82) is 0 Å². The van der Waals surface area contributed by atoms with Crippen molar-refractivity contribution in [2.45, 2.75) is 51.6 Å². The van der Waals surface area contributed by atoms with Crippen LogP contribution < -0.4 is 16.0 Å². The maximum absolute atomic E-state index is 13.5. The number of carbonyl (C=O) groups is 1. The molecule has 0 saturated heterocycles. The number of amides is 1. The maximum atomic E-state index is 13.5. The zero-order chi connectivity index (χ0) is 19.9. The van der Waals surface area contributed by atoms with Gasteiger partial charge in [-0.05, 0) is 58.2 Å². The molecule has 1 aromatic carbocycles. The average Bonchev–Trinajstić information content (AvgIpc) is 3.36. The average molecular weight is 378 g/mol. The largest absolute Gasteiger partial charge is 0.444 e. The first kappa shape index (κ1) is 21.0. The van der Waals surface area contributed by atoms with Gasteiger partial charge in [-0.3, -0.25) is 4.99 Å². The van der Waals surface area contributed by atoms with Crippen molar-refractivity contribution in [2.75, 3.05) is 26.2 Å². The van der Waals surface area contributed by atoms with Crippen LogP contribution in [0.4, 0.5) is 9.18 Å². The second kappa shape index (κ2) is 9.06. The van der Waals surface area contributed by atoms with Crippen LogP contribution in [0.1, 0.15) is 46.1 Å². The molecule has 0 radical (unpaired) electrons. The van der Waals surface area contributed by atoms with E-state index in [1.807, 2.05) is 33.8 Å². The zero-order valence-corrected chi connectivity index (χ0v) is 16.7. The molecule has 0 atom stereocenters. The predicted octanol–water partition coefficient (Wildman–Crippen LogP) is 2.94. The number of nitrogens with one attached hydrogen (secondary N) is 3. The Hall–Kier alpha value is -2.31. The Bertz CT molecular complexity index is 666. The molecule has 0 unspecified atom stereocenters. The van der Waals surface area contributed by atoms with E-state index in [-0.39, 0.29) is 11.2 Å². The van der Waals surface area contributed by atoms with Gasteiger partial charge in [0.15, 0.2) is 5.96 Å². The van der Waals surface area contributed by atoms with Crippen LogP contribution in [-0.4, -0.2) is 43.8 Å². The van der Waals surface area contributed by atoms with Gasteiger partial charge in [0.25, 0.3) is 0 Å². The Morgan fingerprint density at radius 3 is 2.52 bits per heavy atom. The number of hydrogen-bond acceptors (Lipinski definition) is 3. The van der Waals surface area contributed by atoms with Crippen molar-refractivity contribution < 1.29 is 13.9 Å². The van der Waals surface area contributed by atoms with Gasteiger partial charge in [-0.2, -0.15) is 0 Å². The van der Waals surface area contributed by atoms with Crippen LogP contribution in [0.5, 0.6) is 0 Å². The number of rotatable bonds is 7. The molecule has 7 heteroatoms. The van der Waals surface area contributed by atoms with Crippen LogP contribution in [0.15, 0.2) is 29.3 Å². The number of guanidine groups is 1. The smallest absolute Gasteiger partial charge is 0.407 e. The molecule has 0 bridgehead atoms. The summed E-state index contributed by atoms with van der Waals surface area (Å²) in [6, 6.07) is 6.79. The van der Waals surface area contributed by atoms with Crippen LogP contribution in [0.25, 0.3) is 0 Å². The number of hydrogen-bond donors (Lipinski definition) is 3. The van der Waals surface area contributed by atoms with Crippen LogP contribution in [0.2, 0.25) is 0 Å². The summed E-state index contributed by atoms with van der Waals surface area (Å²) >= 11 is 0. The van der Waals surface area contributed by atoms with E-state index in [1.54, 1.807) is 12.1 Å². The molecule has 0 spiro atoms. The third-order valence-corrected chi connectivity index (χ3v) is 4.26. The predicted molar refractivity (Wildman–Crippen MR) is 106 cm³/mol. The van der Waals surface area contributed by atoms with Gasteiger partial charge in [-0.15, -0.1) is 0 Å². The first-order valence-electron chi connectivity index (χ1n) is 9.49. The van der Waals surface area contributed by atoms with Crippen LogP contribution >= 0.6 is 0 Å². The molecule has 0 aliphatic heterocycles. The Labute approximate surface area is 161 Å². The summed E-state index contributed by atoms with van der Waals surface area (Å²) in [7, 11) is 0. The molecular weight excluding hydrogens is 347 g/mol. The molecule has 1 aliphatic carbocycles. The van der Waals surface area contributed by atoms with Gasteiger partial charge in [-0.25, -0.2) is 9.18 Å². The number of nitrogens with zero attached hydrogens (tertiary/aromatic N) is 1. The summed E-state index contributed by atoms with van der Waals surface area (Å²) in [4.78, 5) is 16.3. The van der Waals surface area contributed by atoms with Crippen molar-refractivity contribution in [3.05, 3.63) is 35.6 Å². The molecule has 150 valence electrons. The fourth-order valence-corrected chi connectivity index (χ4v) is 2.74. The van der Waals surface area contributed by atoms with E-state index in [0.717, 1.165) is 24.9 Å². The summed E-state index contributed by atoms with van der Waals surface area (Å²) in [5, 5.41) is 9.09. The lowest BCUT2D eigenvalue weighted by atomic mass is 9.96. The number of carbonyl (C=O) groups excluding carboxylic acids is 1. The van der Waals surface area contributed by atoms with E-state index in [2.05, 4.69) is 20.9 Å². The molecule has 0 aromatic heterocycles. The number of halogens is 1. The van der Waals surface area contributed by atoms with Crippen molar-refractivity contribution in [3.63, 3.8) is 0 Å². The minimum atomic E-state index is -0.511. The number of ether oxygens (including phenoxy) is 1. The molecule has 1 saturated carbocycles. The van der Waals surface area contributed by atoms with E-state index < -0.39 is 11.7 Å². The summed E-state index contributed by atoms with van der Waals surface area (Å²) in [6.45, 7) is 9.76. The molecule has 27 heavy (non-hydrogen) atoms. The van der Waals surface area contributed by atoms with Crippen molar-refractivity contribution in [1.82, 2.24) is 16.0 Å². The molecular formula is C20H31FN4O2. The van der Waals surface area contributed by atoms with Crippen molar-refractivity contribution in [3.8, 4) is 0 Å². The van der Waals surface area contributed by atoms with Crippen molar-refractivity contribution >= 4 is 12.1 Å². The minimum absolute atomic E-state index is 0.0563. The van der Waals surface area contributed by atoms with Crippen LogP contribution in [-0.2, 0) is 10.2 Å². The Morgan fingerprint density at radius 1 is 1.22 bits per heavy atom. The third-order valence-electron chi connectivity index (χ3n) is 4.26. The van der Waals surface area contributed by atoms with E-state index in [1.165, 1.54) is 6.07 Å². The molecule has 1 fully saturated rings. The summed E-state index contributed by atoms with van der Waals surface area (Å²) in [5.41, 5.74) is 0.441. The Morgan fingerprint density at radius 2 is 1.93 bits per heavy atom. The summed E-state index contributed by atoms with van der Waals surface area (Å²) in [5.74, 6) is 0.479. The second-order valence-corrected chi connectivity index (χ2v) is 7.84. The monoisotopic (exact) mass is 378 g/mol. The minimum Gasteiger partial charge on any atom is -0.444 e. The van der Waals surface area contributed by atoms with Gasteiger partial charge in [0.05, 0.1) is 6.54 Å².